The highest BCUT2D eigenvalue weighted by Gasteiger charge is 2.65. The van der Waals surface area contributed by atoms with Crippen molar-refractivity contribution >= 4 is 17.2 Å². The first-order valence-electron chi connectivity index (χ1n) is 13.9. The minimum Gasteiger partial charge on any atom is -0.393 e. The predicted molar refractivity (Wildman–Crippen MR) is 139 cm³/mol. The lowest BCUT2D eigenvalue weighted by atomic mass is 9.43. The van der Waals surface area contributed by atoms with E-state index in [1.54, 1.807) is 11.3 Å². The predicted octanol–water partition coefficient (Wildman–Crippen LogP) is 4.91. The highest BCUT2D eigenvalue weighted by molar-refractivity contribution is 7.10. The Labute approximate surface area is 214 Å². The third-order valence-electron chi connectivity index (χ3n) is 11.3. The number of aliphatic hydroxyl groups excluding tert-OH is 3. The summed E-state index contributed by atoms with van der Waals surface area (Å²) in [5.74, 6) is 1.76. The molecule has 5 rings (SSSR count). The molecular weight excluding hydrogens is 458 g/mol. The fraction of sp³-hybridized carbons (Fsp3) is 0.828. The van der Waals surface area contributed by atoms with Crippen LogP contribution in [0.1, 0.15) is 90.0 Å². The van der Waals surface area contributed by atoms with Gasteiger partial charge in [-0.05, 0) is 110 Å². The highest BCUT2D eigenvalue weighted by Crippen LogP contribution is 2.68. The van der Waals surface area contributed by atoms with Gasteiger partial charge in [0.2, 0.25) is 5.91 Å². The molecule has 1 heterocycles. The number of rotatable bonds is 5. The minimum absolute atomic E-state index is 0.00854. The molecule has 0 bridgehead atoms. The van der Waals surface area contributed by atoms with Gasteiger partial charge in [-0.25, -0.2) is 0 Å². The van der Waals surface area contributed by atoms with E-state index >= 15 is 0 Å². The Morgan fingerprint density at radius 3 is 2.46 bits per heavy atom. The van der Waals surface area contributed by atoms with Crippen molar-refractivity contribution in [3.63, 3.8) is 0 Å². The van der Waals surface area contributed by atoms with Crippen LogP contribution in [0.4, 0.5) is 0 Å². The van der Waals surface area contributed by atoms with Crippen LogP contribution in [0, 0.1) is 46.3 Å². The number of fused-ring (bicyclic) bond motifs is 5. The molecule has 4 fully saturated rings. The zero-order valence-electron chi connectivity index (χ0n) is 21.8. The van der Waals surface area contributed by atoms with E-state index in [4.69, 9.17) is 0 Å². The highest BCUT2D eigenvalue weighted by atomic mass is 32.1. The van der Waals surface area contributed by atoms with Crippen molar-refractivity contribution in [2.45, 2.75) is 103 Å². The molecule has 4 aliphatic rings. The molecule has 4 saturated carbocycles. The van der Waals surface area contributed by atoms with E-state index in [1.165, 1.54) is 4.88 Å². The van der Waals surface area contributed by atoms with Crippen molar-refractivity contribution in [3.05, 3.63) is 22.4 Å². The van der Waals surface area contributed by atoms with Gasteiger partial charge < -0.3 is 20.6 Å². The average Bonchev–Trinajstić information content (AvgIpc) is 3.46. The molecule has 196 valence electrons. The summed E-state index contributed by atoms with van der Waals surface area (Å²) >= 11 is 1.68. The quantitative estimate of drug-likeness (QED) is 0.459. The van der Waals surface area contributed by atoms with Crippen LogP contribution in [-0.2, 0) is 4.79 Å². The molecule has 4 aliphatic carbocycles. The summed E-state index contributed by atoms with van der Waals surface area (Å²) in [4.78, 5) is 14.1. The third kappa shape index (κ3) is 4.20. The van der Waals surface area contributed by atoms with Crippen LogP contribution in [0.5, 0.6) is 0 Å². The Morgan fingerprint density at radius 1 is 1.03 bits per heavy atom. The maximum absolute atomic E-state index is 12.9. The van der Waals surface area contributed by atoms with Gasteiger partial charge in [0.25, 0.3) is 0 Å². The summed E-state index contributed by atoms with van der Waals surface area (Å²) in [6.45, 7) is 9.03. The monoisotopic (exact) mass is 503 g/mol. The summed E-state index contributed by atoms with van der Waals surface area (Å²) in [7, 11) is 0. The lowest BCUT2D eigenvalue weighted by molar-refractivity contribution is -0.223. The normalized spacial score (nSPS) is 46.7. The van der Waals surface area contributed by atoms with Gasteiger partial charge in [-0.2, -0.15) is 0 Å². The van der Waals surface area contributed by atoms with Crippen LogP contribution in [0.25, 0.3) is 0 Å². The molecule has 0 aromatic carbocycles. The molecule has 1 aromatic heterocycles. The van der Waals surface area contributed by atoms with Crippen molar-refractivity contribution < 1.29 is 20.1 Å². The van der Waals surface area contributed by atoms with Gasteiger partial charge in [-0.1, -0.05) is 26.8 Å². The van der Waals surface area contributed by atoms with Crippen molar-refractivity contribution in [2.24, 2.45) is 46.3 Å². The Kier molecular flexibility index (Phi) is 6.91. The van der Waals surface area contributed by atoms with Crippen LogP contribution >= 0.6 is 11.3 Å². The standard InChI is InChI=1S/C29H45NO4S/c1-16(14-24(32)30-17(2)23-6-5-13-35-23)19-7-8-20-25-21(10-12-28(19,20)3)29(4)11-9-18(31)15-22(29)26(33)27(25)34/h5-6,13,16-22,25-27,31,33-34H,7-12,14-15H2,1-4H3,(H,30,32)/t16-,17?,18-,19?,20+,21+,22?,25?,26-,27+,28?,29?/m1/s1. The summed E-state index contributed by atoms with van der Waals surface area (Å²) in [5.41, 5.74) is 0.0870. The van der Waals surface area contributed by atoms with Gasteiger partial charge in [0.1, 0.15) is 0 Å². The lowest BCUT2D eigenvalue weighted by Crippen LogP contribution is -2.64. The number of carbonyl (C=O) groups is 1. The number of amides is 1. The Balaban J connectivity index is 1.30. The number of hydrogen-bond acceptors (Lipinski definition) is 5. The second kappa shape index (κ2) is 9.41. The number of carbonyl (C=O) groups excluding carboxylic acids is 1. The van der Waals surface area contributed by atoms with Gasteiger partial charge in [0.05, 0.1) is 24.4 Å². The van der Waals surface area contributed by atoms with E-state index < -0.39 is 12.2 Å². The zero-order valence-corrected chi connectivity index (χ0v) is 22.6. The van der Waals surface area contributed by atoms with Gasteiger partial charge in [-0.15, -0.1) is 11.3 Å². The SMILES string of the molecule is CC(NC(=O)C[C@@H](C)C1CC[C@H]2C3[C@H](O)[C@H](O)C4C[C@H](O)CCC4(C)[C@H]3CCC12C)c1cccs1. The number of hydrogen-bond donors (Lipinski definition) is 4. The number of nitrogens with one attached hydrogen (secondary N) is 1. The first-order valence-corrected chi connectivity index (χ1v) is 14.8. The molecule has 1 aromatic rings. The average molecular weight is 504 g/mol. The molecule has 35 heavy (non-hydrogen) atoms. The molecule has 0 radical (unpaired) electrons. The molecule has 4 N–H and O–H groups in total. The van der Waals surface area contributed by atoms with Crippen LogP contribution < -0.4 is 5.32 Å². The molecule has 0 spiro atoms. The maximum Gasteiger partial charge on any atom is 0.220 e. The summed E-state index contributed by atoms with van der Waals surface area (Å²) in [6, 6.07) is 4.14. The van der Waals surface area contributed by atoms with E-state index in [0.29, 0.717) is 30.6 Å². The molecule has 0 saturated heterocycles. The largest absolute Gasteiger partial charge is 0.393 e. The van der Waals surface area contributed by atoms with Crippen LogP contribution in [0.2, 0.25) is 0 Å². The maximum atomic E-state index is 12.9. The number of aliphatic hydroxyl groups is 3. The van der Waals surface area contributed by atoms with Crippen LogP contribution in [0.15, 0.2) is 17.5 Å². The summed E-state index contributed by atoms with van der Waals surface area (Å²) < 4.78 is 0. The van der Waals surface area contributed by atoms with E-state index in [1.807, 2.05) is 11.4 Å². The Bertz CT molecular complexity index is 907. The fourth-order valence-electron chi connectivity index (χ4n) is 9.56. The second-order valence-corrected chi connectivity index (χ2v) is 14.0. The fourth-order valence-corrected chi connectivity index (χ4v) is 10.3. The molecule has 5 nitrogen and oxygen atoms in total. The van der Waals surface area contributed by atoms with E-state index in [9.17, 15) is 20.1 Å². The lowest BCUT2D eigenvalue weighted by Gasteiger charge is -2.63. The van der Waals surface area contributed by atoms with Crippen molar-refractivity contribution in [1.29, 1.82) is 0 Å². The molecule has 6 unspecified atom stereocenters. The molecule has 0 aliphatic heterocycles. The van der Waals surface area contributed by atoms with Gasteiger partial charge in [0, 0.05) is 11.3 Å². The van der Waals surface area contributed by atoms with Gasteiger partial charge in [0.15, 0.2) is 0 Å². The van der Waals surface area contributed by atoms with Gasteiger partial charge in [-0.3, -0.25) is 4.79 Å². The van der Waals surface area contributed by atoms with E-state index in [2.05, 4.69) is 39.1 Å². The topological polar surface area (TPSA) is 89.8 Å². The molecule has 6 heteroatoms. The Morgan fingerprint density at radius 2 is 1.74 bits per heavy atom. The van der Waals surface area contributed by atoms with Crippen molar-refractivity contribution in [1.82, 2.24) is 5.32 Å². The smallest absolute Gasteiger partial charge is 0.220 e. The van der Waals surface area contributed by atoms with Crippen molar-refractivity contribution in [2.75, 3.05) is 0 Å². The van der Waals surface area contributed by atoms with E-state index in [0.717, 1.165) is 38.5 Å². The van der Waals surface area contributed by atoms with Gasteiger partial charge >= 0.3 is 0 Å². The van der Waals surface area contributed by atoms with Crippen LogP contribution in [0.3, 0.4) is 0 Å². The van der Waals surface area contributed by atoms with E-state index in [-0.39, 0.29) is 46.6 Å². The first-order chi connectivity index (χ1) is 16.6. The molecule has 12 atom stereocenters. The first kappa shape index (κ1) is 25.7. The van der Waals surface area contributed by atoms with Crippen molar-refractivity contribution in [3.8, 4) is 0 Å². The van der Waals surface area contributed by atoms with Crippen LogP contribution in [-0.4, -0.2) is 39.5 Å². The second-order valence-electron chi connectivity index (χ2n) is 13.0. The number of thiophene rings is 1. The zero-order chi connectivity index (χ0) is 25.1. The minimum atomic E-state index is -0.750. The summed E-state index contributed by atoms with van der Waals surface area (Å²) in [6.07, 6.45) is 5.47. The summed E-state index contributed by atoms with van der Waals surface area (Å²) in [5, 5.41) is 38.2. The molecular formula is C29H45NO4S. The molecule has 1 amide bonds. The Hall–Kier alpha value is -0.950. The third-order valence-corrected chi connectivity index (χ3v) is 12.4.